The average molecular weight is 404 g/mol. The molecule has 5 nitrogen and oxygen atoms in total. The number of amides is 2. The van der Waals surface area contributed by atoms with Crippen molar-refractivity contribution in [3.63, 3.8) is 0 Å². The number of hydrogen-bond acceptors (Lipinski definition) is 3. The van der Waals surface area contributed by atoms with E-state index in [0.29, 0.717) is 18.5 Å². The van der Waals surface area contributed by atoms with Gasteiger partial charge in [0.25, 0.3) is 5.91 Å². The number of hydrogen-bond donors (Lipinski definition) is 2. The van der Waals surface area contributed by atoms with Gasteiger partial charge in [-0.25, -0.2) is 0 Å². The summed E-state index contributed by atoms with van der Waals surface area (Å²) in [6.07, 6.45) is 0.525. The molecule has 0 fully saturated rings. The van der Waals surface area contributed by atoms with E-state index in [9.17, 15) is 18.4 Å². The molecule has 0 radical (unpaired) electrons. The Bertz CT molecular complexity index is 823. The van der Waals surface area contributed by atoms with Crippen molar-refractivity contribution in [1.82, 2.24) is 10.6 Å². The Hall–Kier alpha value is -2.96. The molecule has 0 aliphatic carbocycles. The van der Waals surface area contributed by atoms with E-state index in [1.807, 2.05) is 32.9 Å². The second kappa shape index (κ2) is 10.5. The first kappa shape index (κ1) is 22.3. The van der Waals surface area contributed by atoms with Crippen molar-refractivity contribution in [2.75, 3.05) is 6.54 Å². The lowest BCUT2D eigenvalue weighted by atomic mass is 10.0. The maximum absolute atomic E-state index is 12.6. The van der Waals surface area contributed by atoms with Gasteiger partial charge in [0.15, 0.2) is 0 Å². The zero-order valence-corrected chi connectivity index (χ0v) is 16.7. The number of aryl methyl sites for hydroxylation is 1. The van der Waals surface area contributed by atoms with Gasteiger partial charge in [0.1, 0.15) is 11.8 Å². The summed E-state index contributed by atoms with van der Waals surface area (Å²) >= 11 is 0. The maximum atomic E-state index is 12.6. The van der Waals surface area contributed by atoms with Gasteiger partial charge in [-0.05, 0) is 48.6 Å². The molecule has 2 aromatic rings. The van der Waals surface area contributed by atoms with Gasteiger partial charge < -0.3 is 15.4 Å². The Balaban J connectivity index is 1.89. The van der Waals surface area contributed by atoms with Crippen LogP contribution in [0.3, 0.4) is 0 Å². The van der Waals surface area contributed by atoms with Crippen molar-refractivity contribution in [3.8, 4) is 5.75 Å². The molecule has 0 aliphatic heterocycles. The highest BCUT2D eigenvalue weighted by Gasteiger charge is 2.24. The van der Waals surface area contributed by atoms with Crippen LogP contribution in [0, 0.1) is 12.8 Å². The first-order valence-electron chi connectivity index (χ1n) is 9.46. The predicted octanol–water partition coefficient (Wildman–Crippen LogP) is 3.71. The smallest absolute Gasteiger partial charge is 0.387 e. The van der Waals surface area contributed by atoms with E-state index >= 15 is 0 Å². The van der Waals surface area contributed by atoms with Gasteiger partial charge in [0.05, 0.1) is 0 Å². The lowest BCUT2D eigenvalue weighted by Gasteiger charge is -2.22. The summed E-state index contributed by atoms with van der Waals surface area (Å²) in [5.74, 6) is -0.550. The first-order chi connectivity index (χ1) is 13.8. The molecule has 2 rings (SSSR count). The van der Waals surface area contributed by atoms with E-state index in [1.54, 1.807) is 24.3 Å². The molecule has 0 bridgehead atoms. The van der Waals surface area contributed by atoms with E-state index in [-0.39, 0.29) is 23.5 Å². The third-order valence-electron chi connectivity index (χ3n) is 4.49. The summed E-state index contributed by atoms with van der Waals surface area (Å²) in [6.45, 7) is 3.07. The number of carbonyl (C=O) groups excluding carboxylic acids is 2. The summed E-state index contributed by atoms with van der Waals surface area (Å²) in [5, 5.41) is 5.64. The molecule has 7 heteroatoms. The monoisotopic (exact) mass is 404 g/mol. The van der Waals surface area contributed by atoms with Crippen LogP contribution >= 0.6 is 0 Å². The van der Waals surface area contributed by atoms with Gasteiger partial charge in [-0.1, -0.05) is 44.2 Å². The van der Waals surface area contributed by atoms with Crippen molar-refractivity contribution in [2.45, 2.75) is 39.8 Å². The quantitative estimate of drug-likeness (QED) is 0.670. The van der Waals surface area contributed by atoms with Crippen molar-refractivity contribution >= 4 is 11.8 Å². The molecular formula is C22H26F2N2O3. The second-order valence-electron chi connectivity index (χ2n) is 7.07. The van der Waals surface area contributed by atoms with Gasteiger partial charge in [-0.3, -0.25) is 9.59 Å². The molecule has 2 N–H and O–H groups in total. The Morgan fingerprint density at radius 1 is 1.03 bits per heavy atom. The number of carbonyl (C=O) groups is 2. The maximum Gasteiger partial charge on any atom is 0.387 e. The van der Waals surface area contributed by atoms with Gasteiger partial charge in [0, 0.05) is 12.1 Å². The SMILES string of the molecule is Cc1ccccc1C(=O)NC(C(=O)NCCc1ccc(OC(F)F)cc1)C(C)C. The zero-order chi connectivity index (χ0) is 21.4. The zero-order valence-electron chi connectivity index (χ0n) is 16.7. The highest BCUT2D eigenvalue weighted by atomic mass is 19.3. The minimum absolute atomic E-state index is 0.0891. The number of nitrogens with one attached hydrogen (secondary N) is 2. The topological polar surface area (TPSA) is 67.4 Å². The molecule has 29 heavy (non-hydrogen) atoms. The largest absolute Gasteiger partial charge is 0.435 e. The van der Waals surface area contributed by atoms with Gasteiger partial charge >= 0.3 is 6.61 Å². The molecule has 0 spiro atoms. The van der Waals surface area contributed by atoms with E-state index < -0.39 is 12.7 Å². The highest BCUT2D eigenvalue weighted by Crippen LogP contribution is 2.15. The van der Waals surface area contributed by atoms with E-state index in [1.165, 1.54) is 12.1 Å². The first-order valence-corrected chi connectivity index (χ1v) is 9.46. The van der Waals surface area contributed by atoms with E-state index in [2.05, 4.69) is 15.4 Å². The highest BCUT2D eigenvalue weighted by molar-refractivity contribution is 5.98. The van der Waals surface area contributed by atoms with Crippen LogP contribution in [0.25, 0.3) is 0 Å². The molecular weight excluding hydrogens is 378 g/mol. The third kappa shape index (κ3) is 6.85. The van der Waals surface area contributed by atoms with Crippen LogP contribution in [-0.2, 0) is 11.2 Å². The number of rotatable bonds is 9. The molecule has 2 amide bonds. The lowest BCUT2D eigenvalue weighted by molar-refractivity contribution is -0.123. The normalized spacial score (nSPS) is 12.0. The van der Waals surface area contributed by atoms with Gasteiger partial charge in [-0.15, -0.1) is 0 Å². The standard InChI is InChI=1S/C22H26F2N2O3/c1-14(2)19(26-20(27)18-7-5-4-6-15(18)3)21(28)25-13-12-16-8-10-17(11-9-16)29-22(23)24/h4-11,14,19,22H,12-13H2,1-3H3,(H,25,28)(H,26,27). The molecule has 0 saturated heterocycles. The summed E-state index contributed by atoms with van der Waals surface area (Å²) in [7, 11) is 0. The summed E-state index contributed by atoms with van der Waals surface area (Å²) in [5.41, 5.74) is 2.25. The molecule has 0 aromatic heterocycles. The number of benzene rings is 2. The van der Waals surface area contributed by atoms with Gasteiger partial charge in [0.2, 0.25) is 5.91 Å². The Morgan fingerprint density at radius 3 is 2.28 bits per heavy atom. The van der Waals surface area contributed by atoms with Crippen molar-refractivity contribution < 1.29 is 23.1 Å². The van der Waals surface area contributed by atoms with Crippen molar-refractivity contribution in [1.29, 1.82) is 0 Å². The summed E-state index contributed by atoms with van der Waals surface area (Å²) in [4.78, 5) is 25.1. The average Bonchev–Trinajstić information content (AvgIpc) is 2.67. The fraction of sp³-hybridized carbons (Fsp3) is 0.364. The number of ether oxygens (including phenoxy) is 1. The fourth-order valence-electron chi connectivity index (χ4n) is 2.86. The molecule has 2 aromatic carbocycles. The van der Waals surface area contributed by atoms with E-state index in [4.69, 9.17) is 0 Å². The minimum atomic E-state index is -2.86. The fourth-order valence-corrected chi connectivity index (χ4v) is 2.86. The van der Waals surface area contributed by atoms with Crippen molar-refractivity contribution in [2.24, 2.45) is 5.92 Å². The summed E-state index contributed by atoms with van der Waals surface area (Å²) in [6, 6.07) is 12.8. The van der Waals surface area contributed by atoms with E-state index in [0.717, 1.165) is 11.1 Å². The van der Waals surface area contributed by atoms with Crippen LogP contribution in [0.2, 0.25) is 0 Å². The Labute approximate surface area is 169 Å². The van der Waals surface area contributed by atoms with Gasteiger partial charge in [-0.2, -0.15) is 8.78 Å². The molecule has 1 atom stereocenters. The third-order valence-corrected chi connectivity index (χ3v) is 4.49. The molecule has 1 unspecified atom stereocenters. The molecule has 0 heterocycles. The predicted molar refractivity (Wildman–Crippen MR) is 107 cm³/mol. The lowest BCUT2D eigenvalue weighted by Crippen LogP contribution is -2.50. The molecule has 156 valence electrons. The number of alkyl halides is 2. The van der Waals surface area contributed by atoms with Crippen LogP contribution in [0.15, 0.2) is 48.5 Å². The number of halogens is 2. The van der Waals surface area contributed by atoms with Crippen LogP contribution in [0.4, 0.5) is 8.78 Å². The molecule has 0 aliphatic rings. The second-order valence-corrected chi connectivity index (χ2v) is 7.07. The minimum Gasteiger partial charge on any atom is -0.435 e. The van der Waals surface area contributed by atoms with Crippen LogP contribution in [-0.4, -0.2) is 31.0 Å². The van der Waals surface area contributed by atoms with Crippen molar-refractivity contribution in [3.05, 3.63) is 65.2 Å². The van der Waals surface area contributed by atoms with Crippen LogP contribution in [0.5, 0.6) is 5.75 Å². The molecule has 0 saturated carbocycles. The van der Waals surface area contributed by atoms with Crippen LogP contribution in [0.1, 0.15) is 35.3 Å². The Morgan fingerprint density at radius 2 is 1.69 bits per heavy atom. The Kier molecular flexibility index (Phi) is 8.12. The summed E-state index contributed by atoms with van der Waals surface area (Å²) < 4.78 is 28.7. The van der Waals surface area contributed by atoms with Crippen LogP contribution < -0.4 is 15.4 Å².